The Morgan fingerprint density at radius 3 is 2.81 bits per heavy atom. The lowest BCUT2D eigenvalue weighted by atomic mass is 10.2. The molecule has 0 atom stereocenters. The summed E-state index contributed by atoms with van der Waals surface area (Å²) < 4.78 is 10.7. The van der Waals surface area contributed by atoms with Crippen LogP contribution in [-0.4, -0.2) is 29.8 Å². The summed E-state index contributed by atoms with van der Waals surface area (Å²) in [5.41, 5.74) is 0.919. The average Bonchev–Trinajstić information content (AvgIpc) is 2.95. The molecule has 0 saturated heterocycles. The van der Waals surface area contributed by atoms with E-state index in [1.165, 1.54) is 6.20 Å². The molecule has 21 heavy (non-hydrogen) atoms. The van der Waals surface area contributed by atoms with Gasteiger partial charge >= 0.3 is 5.97 Å². The highest BCUT2D eigenvalue weighted by Crippen LogP contribution is 2.29. The summed E-state index contributed by atoms with van der Waals surface area (Å²) in [6.45, 7) is 2.48. The van der Waals surface area contributed by atoms with E-state index in [0.29, 0.717) is 23.1 Å². The standard InChI is InChI=1S/C15H15NO4S/c1-3-20-11-6-4-10(8-12(11)19-2)5-7-14-16-9-13(21-14)15(17)18/h4-9H,3H2,1-2H3,(H,17,18). The summed E-state index contributed by atoms with van der Waals surface area (Å²) in [6, 6.07) is 5.59. The lowest BCUT2D eigenvalue weighted by Crippen LogP contribution is -1.95. The van der Waals surface area contributed by atoms with Crippen molar-refractivity contribution in [2.24, 2.45) is 0 Å². The van der Waals surface area contributed by atoms with Crippen molar-refractivity contribution in [3.8, 4) is 11.5 Å². The molecule has 0 fully saturated rings. The van der Waals surface area contributed by atoms with Crippen molar-refractivity contribution in [2.45, 2.75) is 6.92 Å². The van der Waals surface area contributed by atoms with Gasteiger partial charge in [0.05, 0.1) is 19.9 Å². The van der Waals surface area contributed by atoms with Crippen molar-refractivity contribution in [3.05, 3.63) is 39.8 Å². The van der Waals surface area contributed by atoms with E-state index < -0.39 is 5.97 Å². The first kappa shape index (κ1) is 15.1. The Morgan fingerprint density at radius 1 is 1.38 bits per heavy atom. The van der Waals surface area contributed by atoms with Crippen LogP contribution >= 0.6 is 11.3 Å². The van der Waals surface area contributed by atoms with Gasteiger partial charge in [0, 0.05) is 0 Å². The first-order valence-corrected chi connectivity index (χ1v) is 7.13. The number of benzene rings is 1. The Kier molecular flexibility index (Phi) is 4.94. The molecule has 2 aromatic rings. The molecule has 6 heteroatoms. The molecule has 0 aliphatic carbocycles. The highest BCUT2D eigenvalue weighted by molar-refractivity contribution is 7.14. The molecule has 0 aliphatic rings. The van der Waals surface area contributed by atoms with Crippen LogP contribution in [0.4, 0.5) is 0 Å². The molecular formula is C15H15NO4S. The maximum Gasteiger partial charge on any atom is 0.347 e. The SMILES string of the molecule is CCOc1ccc(C=Cc2ncc(C(=O)O)s2)cc1OC. The minimum absolute atomic E-state index is 0.221. The molecule has 1 N–H and O–H groups in total. The number of rotatable bonds is 6. The van der Waals surface area contributed by atoms with Crippen molar-refractivity contribution < 1.29 is 19.4 Å². The molecule has 0 spiro atoms. The molecule has 1 aromatic carbocycles. The lowest BCUT2D eigenvalue weighted by Gasteiger charge is -2.09. The van der Waals surface area contributed by atoms with E-state index in [4.69, 9.17) is 14.6 Å². The molecule has 0 amide bonds. The van der Waals surface area contributed by atoms with Crippen LogP contribution in [-0.2, 0) is 0 Å². The fourth-order valence-corrected chi connectivity index (χ4v) is 2.35. The summed E-state index contributed by atoms with van der Waals surface area (Å²) in [7, 11) is 1.59. The van der Waals surface area contributed by atoms with Gasteiger partial charge in [-0.15, -0.1) is 11.3 Å². The minimum atomic E-state index is -0.963. The summed E-state index contributed by atoms with van der Waals surface area (Å²) in [6.07, 6.45) is 4.97. The molecule has 1 aromatic heterocycles. The van der Waals surface area contributed by atoms with Crippen LogP contribution in [0.5, 0.6) is 11.5 Å². The van der Waals surface area contributed by atoms with Gasteiger partial charge in [0.15, 0.2) is 11.5 Å². The molecule has 2 rings (SSSR count). The van der Waals surface area contributed by atoms with Gasteiger partial charge < -0.3 is 14.6 Å². The largest absolute Gasteiger partial charge is 0.493 e. The number of hydrogen-bond acceptors (Lipinski definition) is 5. The molecule has 0 radical (unpaired) electrons. The van der Waals surface area contributed by atoms with Gasteiger partial charge in [-0.05, 0) is 30.7 Å². The van der Waals surface area contributed by atoms with Crippen LogP contribution in [0.2, 0.25) is 0 Å². The van der Waals surface area contributed by atoms with Gasteiger partial charge in [-0.2, -0.15) is 0 Å². The Labute approximate surface area is 126 Å². The van der Waals surface area contributed by atoms with Crippen LogP contribution in [0.3, 0.4) is 0 Å². The topological polar surface area (TPSA) is 68.7 Å². The van der Waals surface area contributed by atoms with Gasteiger partial charge in [-0.1, -0.05) is 12.1 Å². The number of ether oxygens (including phenoxy) is 2. The zero-order chi connectivity index (χ0) is 15.2. The van der Waals surface area contributed by atoms with Crippen molar-refractivity contribution in [1.82, 2.24) is 4.98 Å². The van der Waals surface area contributed by atoms with E-state index in [9.17, 15) is 4.79 Å². The summed E-state index contributed by atoms with van der Waals surface area (Å²) in [4.78, 5) is 15.0. The van der Waals surface area contributed by atoms with Crippen LogP contribution in [0.25, 0.3) is 12.2 Å². The molecular weight excluding hydrogens is 290 g/mol. The number of hydrogen-bond donors (Lipinski definition) is 1. The van der Waals surface area contributed by atoms with Crippen LogP contribution in [0.1, 0.15) is 27.2 Å². The van der Waals surface area contributed by atoms with Gasteiger partial charge in [0.2, 0.25) is 0 Å². The van der Waals surface area contributed by atoms with E-state index in [1.807, 2.05) is 31.2 Å². The van der Waals surface area contributed by atoms with E-state index in [-0.39, 0.29) is 4.88 Å². The number of methoxy groups -OCH3 is 1. The average molecular weight is 305 g/mol. The third kappa shape index (κ3) is 3.82. The Balaban J connectivity index is 2.18. The maximum atomic E-state index is 10.8. The zero-order valence-corrected chi connectivity index (χ0v) is 12.5. The summed E-state index contributed by atoms with van der Waals surface area (Å²) >= 11 is 1.13. The number of nitrogens with zero attached hydrogens (tertiary/aromatic N) is 1. The zero-order valence-electron chi connectivity index (χ0n) is 11.7. The van der Waals surface area contributed by atoms with Gasteiger partial charge in [0.1, 0.15) is 9.88 Å². The highest BCUT2D eigenvalue weighted by atomic mass is 32.1. The lowest BCUT2D eigenvalue weighted by molar-refractivity contribution is 0.0702. The van der Waals surface area contributed by atoms with Gasteiger partial charge in [-0.3, -0.25) is 0 Å². The monoisotopic (exact) mass is 305 g/mol. The molecule has 0 saturated carbocycles. The predicted molar refractivity (Wildman–Crippen MR) is 82.2 cm³/mol. The second kappa shape index (κ2) is 6.90. The first-order chi connectivity index (χ1) is 10.1. The van der Waals surface area contributed by atoms with Gasteiger partial charge in [0.25, 0.3) is 0 Å². The maximum absolute atomic E-state index is 10.8. The Hall–Kier alpha value is -2.34. The number of carbonyl (C=O) groups is 1. The van der Waals surface area contributed by atoms with E-state index in [1.54, 1.807) is 13.2 Å². The summed E-state index contributed by atoms with van der Waals surface area (Å²) in [5, 5.41) is 9.49. The van der Waals surface area contributed by atoms with Crippen molar-refractivity contribution in [1.29, 1.82) is 0 Å². The van der Waals surface area contributed by atoms with Crippen molar-refractivity contribution in [3.63, 3.8) is 0 Å². The van der Waals surface area contributed by atoms with E-state index >= 15 is 0 Å². The molecule has 0 aliphatic heterocycles. The van der Waals surface area contributed by atoms with Crippen molar-refractivity contribution in [2.75, 3.05) is 13.7 Å². The van der Waals surface area contributed by atoms with Crippen LogP contribution < -0.4 is 9.47 Å². The second-order valence-electron chi connectivity index (χ2n) is 4.04. The fourth-order valence-electron chi connectivity index (χ4n) is 1.69. The Morgan fingerprint density at radius 2 is 2.19 bits per heavy atom. The molecule has 110 valence electrons. The third-order valence-corrected chi connectivity index (χ3v) is 3.59. The van der Waals surface area contributed by atoms with Crippen molar-refractivity contribution >= 4 is 29.5 Å². The quantitative estimate of drug-likeness (QED) is 0.885. The second-order valence-corrected chi connectivity index (χ2v) is 5.11. The summed E-state index contributed by atoms with van der Waals surface area (Å²) in [5.74, 6) is 0.388. The number of carboxylic acid groups (broad SMARTS) is 1. The third-order valence-electron chi connectivity index (χ3n) is 2.64. The van der Waals surface area contributed by atoms with E-state index in [2.05, 4.69) is 4.98 Å². The van der Waals surface area contributed by atoms with E-state index in [0.717, 1.165) is 16.9 Å². The molecule has 1 heterocycles. The number of thiazole rings is 1. The molecule has 0 unspecified atom stereocenters. The van der Waals surface area contributed by atoms with Gasteiger partial charge in [-0.25, -0.2) is 9.78 Å². The first-order valence-electron chi connectivity index (χ1n) is 6.32. The Bertz CT molecular complexity index is 663. The number of carboxylic acids is 1. The number of aromatic nitrogens is 1. The smallest absolute Gasteiger partial charge is 0.347 e. The minimum Gasteiger partial charge on any atom is -0.493 e. The van der Waals surface area contributed by atoms with Crippen LogP contribution in [0, 0.1) is 0 Å². The molecule has 5 nitrogen and oxygen atoms in total. The van der Waals surface area contributed by atoms with Crippen LogP contribution in [0.15, 0.2) is 24.4 Å². The normalized spacial score (nSPS) is 10.8. The molecule has 0 bridgehead atoms. The fraction of sp³-hybridized carbons (Fsp3) is 0.200. The predicted octanol–water partition coefficient (Wildman–Crippen LogP) is 3.42. The highest BCUT2D eigenvalue weighted by Gasteiger charge is 2.07. The number of aromatic carboxylic acids is 1.